The van der Waals surface area contributed by atoms with E-state index in [4.69, 9.17) is 0 Å². The van der Waals surface area contributed by atoms with Crippen LogP contribution >= 0.6 is 11.3 Å². The Hall–Kier alpha value is -0.870. The van der Waals surface area contributed by atoms with Gasteiger partial charge in [0, 0.05) is 18.0 Å². The summed E-state index contributed by atoms with van der Waals surface area (Å²) in [7, 11) is 1.82. The van der Waals surface area contributed by atoms with Crippen LogP contribution in [0.1, 0.15) is 17.4 Å². The second-order valence-electron chi connectivity index (χ2n) is 3.89. The summed E-state index contributed by atoms with van der Waals surface area (Å²) in [6.45, 7) is 3.55. The number of thiophene rings is 1. The van der Waals surface area contributed by atoms with Crippen molar-refractivity contribution in [3.8, 4) is 0 Å². The predicted molar refractivity (Wildman–Crippen MR) is 62.0 cm³/mol. The Morgan fingerprint density at radius 3 is 3.20 bits per heavy atom. The Morgan fingerprint density at radius 2 is 2.47 bits per heavy atom. The zero-order valence-corrected chi connectivity index (χ0v) is 9.93. The Balaban J connectivity index is 2.06. The number of amides is 1. The number of carbonyl (C=O) groups is 1. The highest BCUT2D eigenvalue weighted by atomic mass is 32.1. The van der Waals surface area contributed by atoms with Crippen LogP contribution in [0.15, 0.2) is 11.4 Å². The molecule has 15 heavy (non-hydrogen) atoms. The van der Waals surface area contributed by atoms with E-state index in [1.807, 2.05) is 18.9 Å². The standard InChI is InChI=1S/C11H16N2OS/c1-8(12-2)11(14)13-5-3-10-9(7-13)4-6-15-10/h4,6,8,12H,3,5,7H2,1-2H3. The zero-order valence-electron chi connectivity index (χ0n) is 9.12. The molecule has 1 aromatic heterocycles. The molecule has 0 fully saturated rings. The van der Waals surface area contributed by atoms with E-state index in [0.717, 1.165) is 19.5 Å². The van der Waals surface area contributed by atoms with E-state index in [9.17, 15) is 4.79 Å². The number of rotatable bonds is 2. The molecule has 0 aromatic carbocycles. The molecule has 1 N–H and O–H groups in total. The highest BCUT2D eigenvalue weighted by Gasteiger charge is 2.24. The number of hydrogen-bond acceptors (Lipinski definition) is 3. The number of nitrogens with zero attached hydrogens (tertiary/aromatic N) is 1. The highest BCUT2D eigenvalue weighted by Crippen LogP contribution is 2.24. The van der Waals surface area contributed by atoms with Crippen LogP contribution in [0, 0.1) is 0 Å². The molecular weight excluding hydrogens is 208 g/mol. The van der Waals surface area contributed by atoms with Crippen LogP contribution in [0.2, 0.25) is 0 Å². The third-order valence-electron chi connectivity index (χ3n) is 2.92. The van der Waals surface area contributed by atoms with Gasteiger partial charge in [0.05, 0.1) is 6.04 Å². The van der Waals surface area contributed by atoms with E-state index in [1.54, 1.807) is 11.3 Å². The van der Waals surface area contributed by atoms with Gasteiger partial charge in [0.25, 0.3) is 0 Å². The maximum absolute atomic E-state index is 11.9. The molecule has 1 amide bonds. The lowest BCUT2D eigenvalue weighted by molar-refractivity contribution is -0.133. The van der Waals surface area contributed by atoms with Gasteiger partial charge >= 0.3 is 0 Å². The fraction of sp³-hybridized carbons (Fsp3) is 0.545. The summed E-state index contributed by atoms with van der Waals surface area (Å²) in [5, 5.41) is 5.10. The van der Waals surface area contributed by atoms with Crippen LogP contribution in [-0.2, 0) is 17.8 Å². The van der Waals surface area contributed by atoms with Crippen LogP contribution in [0.25, 0.3) is 0 Å². The molecule has 1 unspecified atom stereocenters. The molecule has 0 spiro atoms. The molecule has 1 aromatic rings. The molecule has 82 valence electrons. The molecule has 1 atom stereocenters. The molecule has 2 heterocycles. The maximum Gasteiger partial charge on any atom is 0.239 e. The number of fused-ring (bicyclic) bond motifs is 1. The van der Waals surface area contributed by atoms with E-state index in [0.29, 0.717) is 0 Å². The minimum Gasteiger partial charge on any atom is -0.337 e. The Kier molecular flexibility index (Phi) is 3.07. The summed E-state index contributed by atoms with van der Waals surface area (Å²) in [5.74, 6) is 0.203. The third-order valence-corrected chi connectivity index (χ3v) is 3.95. The van der Waals surface area contributed by atoms with Crippen molar-refractivity contribution in [3.05, 3.63) is 21.9 Å². The fourth-order valence-electron chi connectivity index (χ4n) is 1.83. The van der Waals surface area contributed by atoms with Gasteiger partial charge in [-0.25, -0.2) is 0 Å². The highest BCUT2D eigenvalue weighted by molar-refractivity contribution is 7.10. The van der Waals surface area contributed by atoms with E-state index in [1.165, 1.54) is 10.4 Å². The van der Waals surface area contributed by atoms with Gasteiger partial charge in [0.15, 0.2) is 0 Å². The first-order chi connectivity index (χ1) is 7.22. The monoisotopic (exact) mass is 224 g/mol. The first-order valence-electron chi connectivity index (χ1n) is 5.23. The average molecular weight is 224 g/mol. The predicted octanol–water partition coefficient (Wildman–Crippen LogP) is 1.24. The summed E-state index contributed by atoms with van der Waals surface area (Å²) in [6, 6.07) is 2.05. The van der Waals surface area contributed by atoms with Crippen LogP contribution in [0.5, 0.6) is 0 Å². The lowest BCUT2D eigenvalue weighted by atomic mass is 10.1. The van der Waals surface area contributed by atoms with Gasteiger partial charge in [-0.05, 0) is 37.4 Å². The smallest absolute Gasteiger partial charge is 0.239 e. The molecule has 3 nitrogen and oxygen atoms in total. The molecule has 0 aliphatic carbocycles. The van der Waals surface area contributed by atoms with Crippen molar-refractivity contribution in [2.45, 2.75) is 25.9 Å². The van der Waals surface area contributed by atoms with E-state index >= 15 is 0 Å². The summed E-state index contributed by atoms with van der Waals surface area (Å²) in [4.78, 5) is 15.3. The second-order valence-corrected chi connectivity index (χ2v) is 4.89. The van der Waals surface area contributed by atoms with Crippen molar-refractivity contribution in [2.24, 2.45) is 0 Å². The minimum atomic E-state index is -0.0785. The van der Waals surface area contributed by atoms with Crippen molar-refractivity contribution in [2.75, 3.05) is 13.6 Å². The molecule has 0 saturated heterocycles. The van der Waals surface area contributed by atoms with Crippen molar-refractivity contribution in [1.82, 2.24) is 10.2 Å². The largest absolute Gasteiger partial charge is 0.337 e. The van der Waals surface area contributed by atoms with Gasteiger partial charge in [0.2, 0.25) is 5.91 Å². The van der Waals surface area contributed by atoms with Gasteiger partial charge in [-0.2, -0.15) is 0 Å². The van der Waals surface area contributed by atoms with Crippen LogP contribution in [-0.4, -0.2) is 30.4 Å². The molecule has 0 bridgehead atoms. The normalized spacial score (nSPS) is 17.3. The van der Waals surface area contributed by atoms with Crippen molar-refractivity contribution in [1.29, 1.82) is 0 Å². The first-order valence-corrected chi connectivity index (χ1v) is 6.11. The second kappa shape index (κ2) is 4.33. The fourth-order valence-corrected chi connectivity index (χ4v) is 2.72. The lowest BCUT2D eigenvalue weighted by Gasteiger charge is -2.29. The molecule has 1 aliphatic heterocycles. The van der Waals surface area contributed by atoms with E-state index in [-0.39, 0.29) is 11.9 Å². The summed E-state index contributed by atoms with van der Waals surface area (Å²) in [6.07, 6.45) is 1.01. The van der Waals surface area contributed by atoms with Gasteiger partial charge < -0.3 is 10.2 Å². The Labute approximate surface area is 94.1 Å². The van der Waals surface area contributed by atoms with Gasteiger partial charge in [-0.1, -0.05) is 0 Å². The Bertz CT molecular complexity index is 361. The maximum atomic E-state index is 11.9. The zero-order chi connectivity index (χ0) is 10.8. The molecule has 4 heteroatoms. The SMILES string of the molecule is CNC(C)C(=O)N1CCc2sccc2C1. The van der Waals surface area contributed by atoms with E-state index < -0.39 is 0 Å². The van der Waals surface area contributed by atoms with Crippen molar-refractivity contribution >= 4 is 17.2 Å². The Morgan fingerprint density at radius 1 is 1.67 bits per heavy atom. The lowest BCUT2D eigenvalue weighted by Crippen LogP contribution is -2.45. The number of nitrogens with one attached hydrogen (secondary N) is 1. The van der Waals surface area contributed by atoms with Gasteiger partial charge in [0.1, 0.15) is 0 Å². The van der Waals surface area contributed by atoms with Crippen LogP contribution in [0.4, 0.5) is 0 Å². The quantitative estimate of drug-likeness (QED) is 0.820. The summed E-state index contributed by atoms with van der Waals surface area (Å²) >= 11 is 1.80. The van der Waals surface area contributed by atoms with Crippen LogP contribution in [0.3, 0.4) is 0 Å². The first kappa shape index (κ1) is 10.6. The topological polar surface area (TPSA) is 32.3 Å². The summed E-state index contributed by atoms with van der Waals surface area (Å²) < 4.78 is 0. The molecule has 0 radical (unpaired) electrons. The number of likely N-dealkylation sites (N-methyl/N-ethyl adjacent to an activating group) is 1. The van der Waals surface area contributed by atoms with Crippen LogP contribution < -0.4 is 5.32 Å². The third kappa shape index (κ3) is 2.06. The summed E-state index contributed by atoms with van der Waals surface area (Å²) in [5.41, 5.74) is 1.32. The average Bonchev–Trinajstić information content (AvgIpc) is 2.73. The van der Waals surface area contributed by atoms with Crippen molar-refractivity contribution < 1.29 is 4.79 Å². The molecule has 0 saturated carbocycles. The molecular formula is C11H16N2OS. The van der Waals surface area contributed by atoms with Crippen molar-refractivity contribution in [3.63, 3.8) is 0 Å². The minimum absolute atomic E-state index is 0.0785. The number of hydrogen-bond donors (Lipinski definition) is 1. The van der Waals surface area contributed by atoms with Gasteiger partial charge in [-0.15, -0.1) is 11.3 Å². The molecule has 2 rings (SSSR count). The van der Waals surface area contributed by atoms with Gasteiger partial charge in [-0.3, -0.25) is 4.79 Å². The van der Waals surface area contributed by atoms with E-state index in [2.05, 4.69) is 16.8 Å². The molecule has 1 aliphatic rings. The number of carbonyl (C=O) groups excluding carboxylic acids is 1.